The normalized spacial score (nSPS) is 12.2. The van der Waals surface area contributed by atoms with E-state index >= 15 is 0 Å². The molecule has 1 aromatic carbocycles. The summed E-state index contributed by atoms with van der Waals surface area (Å²) in [5.74, 6) is -0.211. The first-order valence-electron chi connectivity index (χ1n) is 5.67. The third-order valence-electron chi connectivity index (χ3n) is 2.35. The maximum absolute atomic E-state index is 11.9. The molecule has 4 heteroatoms. The molecule has 0 fully saturated rings. The maximum atomic E-state index is 11.9. The van der Waals surface area contributed by atoms with Crippen molar-refractivity contribution in [1.29, 1.82) is 0 Å². The molecule has 0 bridgehead atoms. The van der Waals surface area contributed by atoms with Gasteiger partial charge in [-0.05, 0) is 38.1 Å². The van der Waals surface area contributed by atoms with Crippen LogP contribution in [-0.2, 0) is 0 Å². The van der Waals surface area contributed by atoms with E-state index in [0.29, 0.717) is 21.3 Å². The molecule has 1 amide bonds. The molecule has 2 nitrogen and oxygen atoms in total. The SMILES string of the molecule is C=C(/C=C\C(Cl)=C(/C)Cl)NC(=O)c1ccc(C)cc1. The molecule has 0 radical (unpaired) electrons. The van der Waals surface area contributed by atoms with Gasteiger partial charge >= 0.3 is 0 Å². The van der Waals surface area contributed by atoms with Crippen LogP contribution in [0.3, 0.4) is 0 Å². The van der Waals surface area contributed by atoms with Gasteiger partial charge in [0.1, 0.15) is 0 Å². The van der Waals surface area contributed by atoms with Crippen molar-refractivity contribution in [3.05, 3.63) is 69.9 Å². The second-order valence-electron chi connectivity index (χ2n) is 4.06. The summed E-state index contributed by atoms with van der Waals surface area (Å²) in [5.41, 5.74) is 2.13. The summed E-state index contributed by atoms with van der Waals surface area (Å²) in [6, 6.07) is 7.28. The van der Waals surface area contributed by atoms with Gasteiger partial charge < -0.3 is 5.32 Å². The van der Waals surface area contributed by atoms with Crippen LogP contribution in [0.2, 0.25) is 0 Å². The molecule has 1 aromatic rings. The van der Waals surface area contributed by atoms with E-state index in [2.05, 4.69) is 11.9 Å². The van der Waals surface area contributed by atoms with E-state index in [-0.39, 0.29) is 5.91 Å². The molecule has 0 aromatic heterocycles. The minimum Gasteiger partial charge on any atom is -0.323 e. The van der Waals surface area contributed by atoms with Crippen LogP contribution in [0.5, 0.6) is 0 Å². The standard InChI is InChI=1S/C15H15Cl2NO/c1-10-4-7-13(8-5-10)15(19)18-11(2)6-9-14(17)12(3)16/h4-9H,2H2,1,3H3,(H,18,19)/b9-6-,14-12-. The van der Waals surface area contributed by atoms with Gasteiger partial charge in [0.2, 0.25) is 0 Å². The Morgan fingerprint density at radius 2 is 1.79 bits per heavy atom. The topological polar surface area (TPSA) is 29.1 Å². The largest absolute Gasteiger partial charge is 0.323 e. The Labute approximate surface area is 123 Å². The van der Waals surface area contributed by atoms with Crippen LogP contribution >= 0.6 is 23.2 Å². The molecule has 0 aliphatic rings. The summed E-state index contributed by atoms with van der Waals surface area (Å²) in [5, 5.41) is 3.56. The van der Waals surface area contributed by atoms with Crippen molar-refractivity contribution in [1.82, 2.24) is 5.32 Å². The fourth-order valence-electron chi connectivity index (χ4n) is 1.25. The number of aryl methyl sites for hydroxylation is 1. The maximum Gasteiger partial charge on any atom is 0.255 e. The predicted octanol–water partition coefficient (Wildman–Crippen LogP) is 4.50. The van der Waals surface area contributed by atoms with Crippen LogP contribution in [0.4, 0.5) is 0 Å². The van der Waals surface area contributed by atoms with Crippen LogP contribution in [0, 0.1) is 6.92 Å². The van der Waals surface area contributed by atoms with E-state index in [0.717, 1.165) is 5.56 Å². The number of benzene rings is 1. The third-order valence-corrected chi connectivity index (χ3v) is 3.06. The van der Waals surface area contributed by atoms with Gasteiger partial charge in [-0.3, -0.25) is 4.79 Å². The molecule has 100 valence electrons. The van der Waals surface area contributed by atoms with E-state index in [1.54, 1.807) is 31.2 Å². The number of allylic oxidation sites excluding steroid dienone is 4. The molecule has 0 saturated carbocycles. The second-order valence-corrected chi connectivity index (χ2v) is 5.03. The van der Waals surface area contributed by atoms with Crippen LogP contribution in [0.1, 0.15) is 22.8 Å². The highest BCUT2D eigenvalue weighted by Gasteiger charge is 2.04. The number of carbonyl (C=O) groups excluding carboxylic acids is 1. The molecule has 0 atom stereocenters. The molecular formula is C15H15Cl2NO. The van der Waals surface area contributed by atoms with Crippen LogP contribution in [-0.4, -0.2) is 5.91 Å². The average molecular weight is 296 g/mol. The smallest absolute Gasteiger partial charge is 0.255 e. The Kier molecular flexibility index (Phi) is 5.87. The zero-order valence-corrected chi connectivity index (χ0v) is 12.3. The number of nitrogens with one attached hydrogen (secondary N) is 1. The minimum atomic E-state index is -0.211. The molecule has 0 spiro atoms. The summed E-state index contributed by atoms with van der Waals surface area (Å²) in [6.45, 7) is 7.37. The molecule has 1 N–H and O–H groups in total. The Bertz CT molecular complexity index is 538. The number of hydrogen-bond acceptors (Lipinski definition) is 1. The Morgan fingerprint density at radius 1 is 1.21 bits per heavy atom. The van der Waals surface area contributed by atoms with E-state index in [9.17, 15) is 4.79 Å². The molecule has 0 saturated heterocycles. The van der Waals surface area contributed by atoms with Crippen LogP contribution in [0.25, 0.3) is 0 Å². The first kappa shape index (κ1) is 15.5. The van der Waals surface area contributed by atoms with E-state index in [1.807, 2.05) is 19.1 Å². The number of rotatable bonds is 4. The number of hydrogen-bond donors (Lipinski definition) is 1. The summed E-state index contributed by atoms with van der Waals surface area (Å²) in [7, 11) is 0. The van der Waals surface area contributed by atoms with E-state index < -0.39 is 0 Å². The Hall–Kier alpha value is -1.51. The number of amides is 1. The molecule has 0 heterocycles. The fourth-order valence-corrected chi connectivity index (χ4v) is 1.38. The lowest BCUT2D eigenvalue weighted by Gasteiger charge is -2.05. The van der Waals surface area contributed by atoms with Crippen molar-refractivity contribution < 1.29 is 4.79 Å². The van der Waals surface area contributed by atoms with Crippen molar-refractivity contribution >= 4 is 29.1 Å². The molecular weight excluding hydrogens is 281 g/mol. The fraction of sp³-hybridized carbons (Fsp3) is 0.133. The van der Waals surface area contributed by atoms with Gasteiger partial charge in [0.05, 0.1) is 5.03 Å². The van der Waals surface area contributed by atoms with E-state index in [4.69, 9.17) is 23.2 Å². The molecule has 1 rings (SSSR count). The molecule has 0 aliphatic heterocycles. The highest BCUT2D eigenvalue weighted by molar-refractivity contribution is 6.39. The van der Waals surface area contributed by atoms with Gasteiger partial charge in [0.15, 0.2) is 0 Å². The molecule has 0 aliphatic carbocycles. The minimum absolute atomic E-state index is 0.211. The summed E-state index contributed by atoms with van der Waals surface area (Å²) >= 11 is 11.5. The lowest BCUT2D eigenvalue weighted by molar-refractivity contribution is 0.0967. The molecule has 19 heavy (non-hydrogen) atoms. The number of carbonyl (C=O) groups is 1. The van der Waals surface area contributed by atoms with Crippen molar-refractivity contribution in [2.24, 2.45) is 0 Å². The Balaban J connectivity index is 2.65. The summed E-state index contributed by atoms with van der Waals surface area (Å²) in [4.78, 5) is 11.9. The van der Waals surface area contributed by atoms with Gasteiger partial charge in [-0.1, -0.05) is 47.5 Å². The zero-order chi connectivity index (χ0) is 14.4. The molecule has 0 unspecified atom stereocenters. The lowest BCUT2D eigenvalue weighted by Crippen LogP contribution is -2.21. The highest BCUT2D eigenvalue weighted by Crippen LogP contribution is 2.14. The first-order valence-corrected chi connectivity index (χ1v) is 6.42. The Morgan fingerprint density at radius 3 is 2.32 bits per heavy atom. The van der Waals surface area contributed by atoms with Crippen LogP contribution < -0.4 is 5.32 Å². The van der Waals surface area contributed by atoms with Gasteiger partial charge in [0.25, 0.3) is 5.91 Å². The predicted molar refractivity (Wildman–Crippen MR) is 81.3 cm³/mol. The quantitative estimate of drug-likeness (QED) is 0.814. The van der Waals surface area contributed by atoms with Gasteiger partial charge in [-0.25, -0.2) is 0 Å². The highest BCUT2D eigenvalue weighted by atomic mass is 35.5. The van der Waals surface area contributed by atoms with Crippen molar-refractivity contribution in [3.63, 3.8) is 0 Å². The zero-order valence-electron chi connectivity index (χ0n) is 10.8. The lowest BCUT2D eigenvalue weighted by atomic mass is 10.1. The third kappa shape index (κ3) is 5.33. The van der Waals surface area contributed by atoms with Gasteiger partial charge in [-0.2, -0.15) is 0 Å². The van der Waals surface area contributed by atoms with Crippen molar-refractivity contribution in [2.75, 3.05) is 0 Å². The first-order chi connectivity index (χ1) is 8.90. The second kappa shape index (κ2) is 7.17. The van der Waals surface area contributed by atoms with Gasteiger partial charge in [0, 0.05) is 16.3 Å². The average Bonchev–Trinajstić information content (AvgIpc) is 2.36. The summed E-state index contributed by atoms with van der Waals surface area (Å²) < 4.78 is 0. The van der Waals surface area contributed by atoms with Crippen molar-refractivity contribution in [3.8, 4) is 0 Å². The number of halogens is 2. The van der Waals surface area contributed by atoms with Crippen molar-refractivity contribution in [2.45, 2.75) is 13.8 Å². The van der Waals surface area contributed by atoms with E-state index in [1.165, 1.54) is 0 Å². The summed E-state index contributed by atoms with van der Waals surface area (Å²) in [6.07, 6.45) is 3.18. The monoisotopic (exact) mass is 295 g/mol. The van der Waals surface area contributed by atoms with Gasteiger partial charge in [-0.15, -0.1) is 0 Å². The van der Waals surface area contributed by atoms with Crippen LogP contribution in [0.15, 0.2) is 58.8 Å².